The van der Waals surface area contributed by atoms with Crippen LogP contribution in [0.5, 0.6) is 5.75 Å². The monoisotopic (exact) mass is 350 g/mol. The summed E-state index contributed by atoms with van der Waals surface area (Å²) in [6.07, 6.45) is 3.81. The van der Waals surface area contributed by atoms with Gasteiger partial charge in [-0.05, 0) is 29.8 Å². The summed E-state index contributed by atoms with van der Waals surface area (Å²) in [5, 5.41) is 12.0. The van der Waals surface area contributed by atoms with E-state index in [4.69, 9.17) is 10.5 Å². The molecule has 0 aliphatic carbocycles. The number of ether oxygens (including phenoxy) is 1. The fourth-order valence-electron chi connectivity index (χ4n) is 2.89. The van der Waals surface area contributed by atoms with E-state index < -0.39 is 4.92 Å². The smallest absolute Gasteiger partial charge is 0.270 e. The van der Waals surface area contributed by atoms with E-state index in [2.05, 4.69) is 4.57 Å². The Hall–Kier alpha value is -3.25. The number of non-ortho nitro benzene ring substituents is 1. The second kappa shape index (κ2) is 7.76. The van der Waals surface area contributed by atoms with Gasteiger partial charge in [0.25, 0.3) is 5.69 Å². The van der Waals surface area contributed by atoms with Gasteiger partial charge in [0.15, 0.2) is 6.54 Å². The van der Waals surface area contributed by atoms with Crippen LogP contribution in [0.15, 0.2) is 54.6 Å². The molecule has 0 unspecified atom stereocenters. The summed E-state index contributed by atoms with van der Waals surface area (Å²) < 4.78 is 7.41. The Bertz CT molecular complexity index is 983. The molecule has 0 aliphatic heterocycles. The number of nitrogens with zero attached hydrogens (tertiary/aromatic N) is 2. The molecule has 0 spiro atoms. The standard InChI is InChI=1S/C20H20N3O3/c1-26-19-9-10-20-16(14-19)6-8-17(22(20)12-11-21)7-5-15-3-2-4-18(13-15)23(24)25/h2-10,13-14H,11-12,21H2,1H3/q+1/b7-5+. The quantitative estimate of drug-likeness (QED) is 0.420. The largest absolute Gasteiger partial charge is 0.497 e. The number of nitro groups is 1. The number of nitro benzene ring substituents is 1. The molecule has 26 heavy (non-hydrogen) atoms. The molecule has 0 aliphatic rings. The van der Waals surface area contributed by atoms with E-state index in [0.29, 0.717) is 13.1 Å². The average Bonchev–Trinajstić information content (AvgIpc) is 2.67. The first-order valence-electron chi connectivity index (χ1n) is 8.25. The zero-order chi connectivity index (χ0) is 18.5. The van der Waals surface area contributed by atoms with Crippen LogP contribution in [0, 0.1) is 10.1 Å². The topological polar surface area (TPSA) is 82.3 Å². The molecule has 3 aromatic rings. The van der Waals surface area contributed by atoms with Crippen LogP contribution < -0.4 is 15.0 Å². The van der Waals surface area contributed by atoms with Crippen molar-refractivity contribution in [1.82, 2.24) is 0 Å². The fraction of sp³-hybridized carbons (Fsp3) is 0.150. The number of nitrogens with two attached hydrogens (primary N) is 1. The molecule has 0 fully saturated rings. The number of fused-ring (bicyclic) bond motifs is 1. The van der Waals surface area contributed by atoms with Crippen molar-refractivity contribution in [3.05, 3.63) is 76.0 Å². The highest BCUT2D eigenvalue weighted by atomic mass is 16.6. The number of hydrogen-bond acceptors (Lipinski definition) is 4. The summed E-state index contributed by atoms with van der Waals surface area (Å²) in [7, 11) is 1.64. The minimum absolute atomic E-state index is 0.0765. The van der Waals surface area contributed by atoms with Gasteiger partial charge in [-0.2, -0.15) is 4.57 Å². The molecule has 2 N–H and O–H groups in total. The Morgan fingerprint density at radius 1 is 1.15 bits per heavy atom. The molecule has 1 aromatic heterocycles. The van der Waals surface area contributed by atoms with Crippen LogP contribution in [0.4, 0.5) is 5.69 Å². The Morgan fingerprint density at radius 2 is 2.00 bits per heavy atom. The minimum atomic E-state index is -0.393. The van der Waals surface area contributed by atoms with Gasteiger partial charge in [0.2, 0.25) is 11.2 Å². The lowest BCUT2D eigenvalue weighted by molar-refractivity contribution is -0.670. The molecule has 132 valence electrons. The molecule has 3 rings (SSSR count). The van der Waals surface area contributed by atoms with Gasteiger partial charge in [0.1, 0.15) is 5.75 Å². The maximum atomic E-state index is 10.9. The summed E-state index contributed by atoms with van der Waals surface area (Å²) in [6.45, 7) is 1.17. The second-order valence-electron chi connectivity index (χ2n) is 5.81. The van der Waals surface area contributed by atoms with Gasteiger partial charge in [-0.3, -0.25) is 10.1 Å². The van der Waals surface area contributed by atoms with Crippen molar-refractivity contribution < 1.29 is 14.2 Å². The lowest BCUT2D eigenvalue weighted by atomic mass is 10.1. The van der Waals surface area contributed by atoms with Crippen LogP contribution in [0.3, 0.4) is 0 Å². The van der Waals surface area contributed by atoms with Gasteiger partial charge in [0, 0.05) is 30.3 Å². The van der Waals surface area contributed by atoms with Crippen molar-refractivity contribution in [2.24, 2.45) is 5.73 Å². The first-order chi connectivity index (χ1) is 12.6. The third-order valence-electron chi connectivity index (χ3n) is 4.15. The van der Waals surface area contributed by atoms with Crippen LogP contribution >= 0.6 is 0 Å². The van der Waals surface area contributed by atoms with Crippen LogP contribution in [-0.4, -0.2) is 18.6 Å². The summed E-state index contributed by atoms with van der Waals surface area (Å²) >= 11 is 0. The lowest BCUT2D eigenvalue weighted by Gasteiger charge is -2.06. The molecule has 0 saturated carbocycles. The molecule has 6 nitrogen and oxygen atoms in total. The Labute approximate surface area is 151 Å². The number of methoxy groups -OCH3 is 1. The molecule has 0 amide bonds. The molecular formula is C20H20N3O3+. The van der Waals surface area contributed by atoms with Crippen molar-refractivity contribution >= 4 is 28.7 Å². The van der Waals surface area contributed by atoms with Crippen molar-refractivity contribution in [3.63, 3.8) is 0 Å². The van der Waals surface area contributed by atoms with Crippen LogP contribution in [0.2, 0.25) is 0 Å². The fourth-order valence-corrected chi connectivity index (χ4v) is 2.89. The summed E-state index contributed by atoms with van der Waals surface area (Å²) in [4.78, 5) is 10.5. The minimum Gasteiger partial charge on any atom is -0.497 e. The first kappa shape index (κ1) is 17.6. The van der Waals surface area contributed by atoms with Crippen molar-refractivity contribution in [3.8, 4) is 5.75 Å². The van der Waals surface area contributed by atoms with Gasteiger partial charge in [-0.1, -0.05) is 12.1 Å². The van der Waals surface area contributed by atoms with E-state index in [9.17, 15) is 10.1 Å². The average molecular weight is 350 g/mol. The van der Waals surface area contributed by atoms with Gasteiger partial charge in [-0.25, -0.2) is 0 Å². The molecule has 0 bridgehead atoms. The Kier molecular flexibility index (Phi) is 5.24. The van der Waals surface area contributed by atoms with E-state index in [0.717, 1.165) is 27.9 Å². The third-order valence-corrected chi connectivity index (χ3v) is 4.15. The van der Waals surface area contributed by atoms with E-state index in [1.54, 1.807) is 19.2 Å². The van der Waals surface area contributed by atoms with Crippen LogP contribution in [0.1, 0.15) is 11.3 Å². The van der Waals surface area contributed by atoms with Crippen molar-refractivity contribution in [2.75, 3.05) is 13.7 Å². The summed E-state index contributed by atoms with van der Waals surface area (Å²) in [6, 6.07) is 16.5. The van der Waals surface area contributed by atoms with E-state index >= 15 is 0 Å². The molecule has 0 atom stereocenters. The maximum Gasteiger partial charge on any atom is 0.270 e. The highest BCUT2D eigenvalue weighted by Crippen LogP contribution is 2.20. The normalized spacial score (nSPS) is 11.2. The van der Waals surface area contributed by atoms with E-state index in [1.165, 1.54) is 6.07 Å². The molecular weight excluding hydrogens is 330 g/mol. The van der Waals surface area contributed by atoms with Crippen LogP contribution in [-0.2, 0) is 6.54 Å². The van der Waals surface area contributed by atoms with E-state index in [-0.39, 0.29) is 5.69 Å². The summed E-state index contributed by atoms with van der Waals surface area (Å²) in [5.74, 6) is 0.802. The number of rotatable bonds is 6. The predicted molar refractivity (Wildman–Crippen MR) is 102 cm³/mol. The zero-order valence-corrected chi connectivity index (χ0v) is 14.5. The third kappa shape index (κ3) is 3.70. The highest BCUT2D eigenvalue weighted by molar-refractivity contribution is 5.79. The molecule has 6 heteroatoms. The van der Waals surface area contributed by atoms with Crippen molar-refractivity contribution in [1.29, 1.82) is 0 Å². The van der Waals surface area contributed by atoms with Crippen LogP contribution in [0.25, 0.3) is 23.1 Å². The number of aromatic nitrogens is 1. The summed E-state index contributed by atoms with van der Waals surface area (Å²) in [5.41, 5.74) is 8.67. The van der Waals surface area contributed by atoms with Gasteiger partial charge >= 0.3 is 0 Å². The maximum absolute atomic E-state index is 10.9. The predicted octanol–water partition coefficient (Wildman–Crippen LogP) is 3.17. The number of benzene rings is 2. The Morgan fingerprint density at radius 3 is 2.73 bits per heavy atom. The van der Waals surface area contributed by atoms with Crippen molar-refractivity contribution in [2.45, 2.75) is 6.54 Å². The molecule has 2 aromatic carbocycles. The zero-order valence-electron chi connectivity index (χ0n) is 14.5. The number of pyridine rings is 1. The number of hydrogen-bond donors (Lipinski definition) is 1. The first-order valence-corrected chi connectivity index (χ1v) is 8.25. The van der Waals surface area contributed by atoms with E-state index in [1.807, 2.05) is 48.6 Å². The second-order valence-corrected chi connectivity index (χ2v) is 5.81. The van der Waals surface area contributed by atoms with Gasteiger partial charge in [-0.15, -0.1) is 0 Å². The van der Waals surface area contributed by atoms with Gasteiger partial charge < -0.3 is 10.5 Å². The van der Waals surface area contributed by atoms with Gasteiger partial charge in [0.05, 0.1) is 24.0 Å². The molecule has 1 heterocycles. The lowest BCUT2D eigenvalue weighted by Crippen LogP contribution is -2.41. The molecule has 0 radical (unpaired) electrons. The molecule has 0 saturated heterocycles. The SMILES string of the molecule is COc1ccc2c(ccc(/C=C/c3cccc([N+](=O)[O-])c3)[n+]2CCN)c1. The Balaban J connectivity index is 2.02. The highest BCUT2D eigenvalue weighted by Gasteiger charge is 2.14.